The summed E-state index contributed by atoms with van der Waals surface area (Å²) in [4.78, 5) is 24.3. The summed E-state index contributed by atoms with van der Waals surface area (Å²) < 4.78 is 11.1. The number of hydrogen-bond acceptors (Lipinski definition) is 9. The largest absolute Gasteiger partial charge is 0.493 e. The fourth-order valence-electron chi connectivity index (χ4n) is 2.49. The molecule has 0 aliphatic carbocycles. The lowest BCUT2D eigenvalue weighted by atomic mass is 10.2. The van der Waals surface area contributed by atoms with Crippen LogP contribution >= 0.6 is 0 Å². The molecule has 0 aliphatic rings. The quantitative estimate of drug-likeness (QED) is 0.310. The van der Waals surface area contributed by atoms with E-state index in [1.54, 1.807) is 30.3 Å². The third-order valence-corrected chi connectivity index (χ3v) is 4.08. The zero-order valence-electron chi connectivity index (χ0n) is 16.3. The Bertz CT molecular complexity index is 1100. The van der Waals surface area contributed by atoms with Crippen molar-refractivity contribution in [2.45, 2.75) is 6.61 Å². The molecule has 0 atom stereocenters. The summed E-state index contributed by atoms with van der Waals surface area (Å²) in [5, 5.41) is 25.4. The van der Waals surface area contributed by atoms with Crippen LogP contribution in [0, 0.1) is 20.2 Å². The standard InChI is InChI=1S/C20H17N5O6/c1-30-19-10-15(11-22-23-20-9-7-17(12-21-20)25(28)29)4-8-18(19)31-13-14-2-5-16(6-3-14)24(26)27/h2-12H,13H2,1H3,(H,21,23)/b22-11+. The number of rotatable bonds is 9. The highest BCUT2D eigenvalue weighted by molar-refractivity contribution is 5.81. The summed E-state index contributed by atoms with van der Waals surface area (Å²) in [6, 6.07) is 14.1. The Morgan fingerprint density at radius 3 is 2.32 bits per heavy atom. The van der Waals surface area contributed by atoms with Crippen LogP contribution in [0.4, 0.5) is 17.2 Å². The predicted molar refractivity (Wildman–Crippen MR) is 113 cm³/mol. The van der Waals surface area contributed by atoms with Crippen LogP contribution in [0.2, 0.25) is 0 Å². The second kappa shape index (κ2) is 9.78. The van der Waals surface area contributed by atoms with Gasteiger partial charge in [0.05, 0.1) is 23.2 Å². The van der Waals surface area contributed by atoms with E-state index < -0.39 is 9.85 Å². The van der Waals surface area contributed by atoms with E-state index >= 15 is 0 Å². The first kappa shape index (κ1) is 21.2. The minimum atomic E-state index is -0.530. The van der Waals surface area contributed by atoms with Crippen LogP contribution in [-0.4, -0.2) is 28.2 Å². The molecule has 3 rings (SSSR count). The van der Waals surface area contributed by atoms with Gasteiger partial charge in [0.25, 0.3) is 11.4 Å². The molecule has 2 aromatic carbocycles. The first-order valence-corrected chi connectivity index (χ1v) is 8.90. The molecule has 0 radical (unpaired) electrons. The molecule has 0 bridgehead atoms. The molecule has 0 fully saturated rings. The zero-order valence-corrected chi connectivity index (χ0v) is 16.3. The Morgan fingerprint density at radius 1 is 1.00 bits per heavy atom. The van der Waals surface area contributed by atoms with Crippen molar-refractivity contribution in [1.82, 2.24) is 4.98 Å². The highest BCUT2D eigenvalue weighted by Gasteiger charge is 2.08. The van der Waals surface area contributed by atoms with Gasteiger partial charge in [0.2, 0.25) is 0 Å². The average Bonchev–Trinajstić information content (AvgIpc) is 2.78. The monoisotopic (exact) mass is 423 g/mol. The molecule has 31 heavy (non-hydrogen) atoms. The third kappa shape index (κ3) is 5.73. The normalized spacial score (nSPS) is 10.6. The van der Waals surface area contributed by atoms with Gasteiger partial charge in [-0.05, 0) is 47.5 Å². The highest BCUT2D eigenvalue weighted by atomic mass is 16.6. The van der Waals surface area contributed by atoms with Gasteiger partial charge >= 0.3 is 0 Å². The molecule has 0 saturated carbocycles. The summed E-state index contributed by atoms with van der Waals surface area (Å²) in [6.07, 6.45) is 2.67. The Hall–Kier alpha value is -4.54. The van der Waals surface area contributed by atoms with Gasteiger partial charge in [-0.1, -0.05) is 0 Å². The first-order chi connectivity index (χ1) is 15.0. The molecule has 158 valence electrons. The van der Waals surface area contributed by atoms with Gasteiger partial charge in [0.15, 0.2) is 11.5 Å². The number of anilines is 1. The van der Waals surface area contributed by atoms with E-state index in [1.165, 1.54) is 37.6 Å². The molecule has 0 spiro atoms. The second-order valence-corrected chi connectivity index (χ2v) is 6.15. The topological polar surface area (TPSA) is 142 Å². The lowest BCUT2D eigenvalue weighted by Crippen LogP contribution is -1.99. The Morgan fingerprint density at radius 2 is 1.71 bits per heavy atom. The van der Waals surface area contributed by atoms with Gasteiger partial charge in [-0.2, -0.15) is 5.10 Å². The van der Waals surface area contributed by atoms with Crippen molar-refractivity contribution in [3.63, 3.8) is 0 Å². The second-order valence-electron chi connectivity index (χ2n) is 6.15. The molecular formula is C20H17N5O6. The minimum Gasteiger partial charge on any atom is -0.493 e. The fourth-order valence-corrected chi connectivity index (χ4v) is 2.49. The van der Waals surface area contributed by atoms with Crippen LogP contribution in [0.15, 0.2) is 65.9 Å². The molecule has 11 heteroatoms. The number of hydrazone groups is 1. The van der Waals surface area contributed by atoms with Crippen LogP contribution in [0.1, 0.15) is 11.1 Å². The van der Waals surface area contributed by atoms with Crippen LogP contribution in [0.3, 0.4) is 0 Å². The molecule has 1 N–H and O–H groups in total. The lowest BCUT2D eigenvalue weighted by molar-refractivity contribution is -0.385. The summed E-state index contributed by atoms with van der Waals surface area (Å²) in [6.45, 7) is 0.217. The Balaban J connectivity index is 1.61. The van der Waals surface area contributed by atoms with Gasteiger partial charge in [-0.25, -0.2) is 4.98 Å². The van der Waals surface area contributed by atoms with Crippen molar-refractivity contribution in [3.05, 3.63) is 92.1 Å². The minimum absolute atomic E-state index is 0.0162. The predicted octanol–water partition coefficient (Wildman–Crippen LogP) is 3.93. The maximum atomic E-state index is 10.7. The van der Waals surface area contributed by atoms with Gasteiger partial charge in [0.1, 0.15) is 18.6 Å². The number of nitro groups is 2. The number of methoxy groups -OCH3 is 1. The molecule has 0 saturated heterocycles. The third-order valence-electron chi connectivity index (χ3n) is 4.08. The van der Waals surface area contributed by atoms with Crippen LogP contribution in [-0.2, 0) is 6.61 Å². The SMILES string of the molecule is COc1cc(/C=N/Nc2ccc([N+](=O)[O-])cn2)ccc1OCc1ccc([N+](=O)[O-])cc1. The first-order valence-electron chi connectivity index (χ1n) is 8.90. The molecule has 11 nitrogen and oxygen atoms in total. The summed E-state index contributed by atoms with van der Waals surface area (Å²) in [5.41, 5.74) is 4.09. The van der Waals surface area contributed by atoms with Gasteiger partial charge in [-0.15, -0.1) is 0 Å². The van der Waals surface area contributed by atoms with E-state index in [1.807, 2.05) is 0 Å². The van der Waals surface area contributed by atoms with Crippen molar-refractivity contribution < 1.29 is 19.3 Å². The number of nitrogens with zero attached hydrogens (tertiary/aromatic N) is 4. The zero-order chi connectivity index (χ0) is 22.2. The van der Waals surface area contributed by atoms with Crippen molar-refractivity contribution in [2.75, 3.05) is 12.5 Å². The van der Waals surface area contributed by atoms with Crippen LogP contribution in [0.25, 0.3) is 0 Å². The molecular weight excluding hydrogens is 406 g/mol. The maximum Gasteiger partial charge on any atom is 0.287 e. The number of aromatic nitrogens is 1. The molecule has 1 heterocycles. The average molecular weight is 423 g/mol. The van der Waals surface area contributed by atoms with E-state index in [0.29, 0.717) is 22.9 Å². The maximum absolute atomic E-state index is 10.7. The Kier molecular flexibility index (Phi) is 6.68. The smallest absolute Gasteiger partial charge is 0.287 e. The van der Waals surface area contributed by atoms with Crippen LogP contribution in [0.5, 0.6) is 11.5 Å². The molecule has 0 unspecified atom stereocenters. The van der Waals surface area contributed by atoms with Crippen molar-refractivity contribution in [1.29, 1.82) is 0 Å². The van der Waals surface area contributed by atoms with Crippen molar-refractivity contribution in [3.8, 4) is 11.5 Å². The number of ether oxygens (including phenoxy) is 2. The highest BCUT2D eigenvalue weighted by Crippen LogP contribution is 2.28. The van der Waals surface area contributed by atoms with Crippen molar-refractivity contribution >= 4 is 23.4 Å². The van der Waals surface area contributed by atoms with Crippen molar-refractivity contribution in [2.24, 2.45) is 5.10 Å². The number of benzene rings is 2. The van der Waals surface area contributed by atoms with Crippen LogP contribution < -0.4 is 14.9 Å². The fraction of sp³-hybridized carbons (Fsp3) is 0.100. The lowest BCUT2D eigenvalue weighted by Gasteiger charge is -2.11. The van der Waals surface area contributed by atoms with Gasteiger partial charge in [0, 0.05) is 18.2 Å². The van der Waals surface area contributed by atoms with Gasteiger partial charge < -0.3 is 9.47 Å². The molecule has 3 aromatic rings. The molecule has 0 amide bonds. The van der Waals surface area contributed by atoms with E-state index in [9.17, 15) is 20.2 Å². The van der Waals surface area contributed by atoms with E-state index in [0.717, 1.165) is 11.8 Å². The number of pyridine rings is 1. The Labute approximate surface area is 176 Å². The molecule has 1 aromatic heterocycles. The number of nitrogens with one attached hydrogen (secondary N) is 1. The summed E-state index contributed by atoms with van der Waals surface area (Å²) in [7, 11) is 1.51. The summed E-state index contributed by atoms with van der Waals surface area (Å²) in [5.74, 6) is 1.35. The van der Waals surface area contributed by atoms with E-state index in [-0.39, 0.29) is 18.0 Å². The number of non-ortho nitro benzene ring substituents is 1. The summed E-state index contributed by atoms with van der Waals surface area (Å²) >= 11 is 0. The van der Waals surface area contributed by atoms with E-state index in [2.05, 4.69) is 15.5 Å². The van der Waals surface area contributed by atoms with E-state index in [4.69, 9.17) is 9.47 Å². The molecule has 0 aliphatic heterocycles. The van der Waals surface area contributed by atoms with Gasteiger partial charge in [-0.3, -0.25) is 25.7 Å². The number of nitro benzene ring substituents is 1. The number of hydrogen-bond donors (Lipinski definition) is 1.